The first-order valence-corrected chi connectivity index (χ1v) is 8.97. The van der Waals surface area contributed by atoms with E-state index in [9.17, 15) is 8.42 Å². The van der Waals surface area contributed by atoms with E-state index in [-0.39, 0.29) is 22.8 Å². The summed E-state index contributed by atoms with van der Waals surface area (Å²) in [5.41, 5.74) is 1.73. The first kappa shape index (κ1) is 13.3. The first-order valence-electron chi connectivity index (χ1n) is 5.89. The fraction of sp³-hybridized carbons (Fsp3) is 0.417. The Hall–Kier alpha value is -0.720. The van der Waals surface area contributed by atoms with Crippen LogP contribution in [0.15, 0.2) is 18.2 Å². The van der Waals surface area contributed by atoms with Crippen molar-refractivity contribution in [3.05, 3.63) is 28.8 Å². The van der Waals surface area contributed by atoms with Crippen molar-refractivity contribution in [3.8, 4) is 0 Å². The van der Waals surface area contributed by atoms with Crippen LogP contribution in [0.2, 0.25) is 5.02 Å². The number of nitrogens with zero attached hydrogens (tertiary/aromatic N) is 1. The number of anilines is 1. The molecule has 0 saturated carbocycles. The second-order valence-corrected chi connectivity index (χ2v) is 8.65. The van der Waals surface area contributed by atoms with Crippen LogP contribution in [0, 0.1) is 12.3 Å². The van der Waals surface area contributed by atoms with E-state index >= 15 is 0 Å². The highest BCUT2D eigenvalue weighted by Crippen LogP contribution is 2.42. The van der Waals surface area contributed by atoms with Crippen molar-refractivity contribution in [2.24, 2.45) is 0 Å². The molecule has 2 aliphatic rings. The third-order valence-corrected chi connectivity index (χ3v) is 7.12. The summed E-state index contributed by atoms with van der Waals surface area (Å²) >= 11 is 7.46. The minimum atomic E-state index is -2.98. The number of sulfone groups is 1. The molecule has 0 spiro atoms. The second-order valence-electron chi connectivity index (χ2n) is 4.86. The average Bonchev–Trinajstić information content (AvgIpc) is 2.73. The number of hydrogen-bond acceptors (Lipinski definition) is 4. The highest BCUT2D eigenvalue weighted by Gasteiger charge is 2.48. The van der Waals surface area contributed by atoms with Crippen molar-refractivity contribution in [2.75, 3.05) is 16.4 Å². The number of nitrogens with one attached hydrogen (secondary N) is 1. The zero-order valence-electron chi connectivity index (χ0n) is 10.3. The summed E-state index contributed by atoms with van der Waals surface area (Å²) in [6, 6.07) is 5.39. The lowest BCUT2D eigenvalue weighted by atomic mass is 10.1. The van der Waals surface area contributed by atoms with Crippen LogP contribution in [0.5, 0.6) is 0 Å². The van der Waals surface area contributed by atoms with E-state index in [1.165, 1.54) is 11.8 Å². The van der Waals surface area contributed by atoms with Crippen LogP contribution in [0.25, 0.3) is 0 Å². The Morgan fingerprint density at radius 3 is 2.89 bits per heavy atom. The molecule has 2 fully saturated rings. The van der Waals surface area contributed by atoms with Gasteiger partial charge >= 0.3 is 0 Å². The van der Waals surface area contributed by atoms with Gasteiger partial charge in [0, 0.05) is 16.0 Å². The third-order valence-electron chi connectivity index (χ3n) is 3.58. The van der Waals surface area contributed by atoms with Gasteiger partial charge in [0.05, 0.1) is 17.5 Å². The molecule has 0 aromatic heterocycles. The van der Waals surface area contributed by atoms with E-state index in [1.807, 2.05) is 24.0 Å². The summed E-state index contributed by atoms with van der Waals surface area (Å²) in [5.74, 6) is 0.291. The van der Waals surface area contributed by atoms with Gasteiger partial charge in [-0.2, -0.15) is 0 Å². The number of amidine groups is 1. The summed E-state index contributed by atoms with van der Waals surface area (Å²) in [6.07, 6.45) is 0. The number of hydrogen-bond donors (Lipinski definition) is 1. The van der Waals surface area contributed by atoms with Gasteiger partial charge in [0.25, 0.3) is 0 Å². The van der Waals surface area contributed by atoms with Crippen LogP contribution in [-0.4, -0.2) is 36.4 Å². The average molecular weight is 317 g/mol. The Balaban J connectivity index is 2.05. The molecule has 1 N–H and O–H groups in total. The Labute approximate surface area is 121 Å². The molecule has 0 unspecified atom stereocenters. The largest absolute Gasteiger partial charge is 0.316 e. The maximum Gasteiger partial charge on any atom is 0.161 e. The lowest BCUT2D eigenvalue weighted by molar-refractivity contribution is 0.601. The molecule has 1 aromatic rings. The summed E-state index contributed by atoms with van der Waals surface area (Å²) < 4.78 is 23.5. The topological polar surface area (TPSA) is 61.2 Å². The van der Waals surface area contributed by atoms with Crippen LogP contribution < -0.4 is 4.90 Å². The highest BCUT2D eigenvalue weighted by atomic mass is 35.5. The maximum atomic E-state index is 11.7. The molecule has 102 valence electrons. The number of fused-ring (bicyclic) bond motifs is 1. The minimum absolute atomic E-state index is 0.0316. The van der Waals surface area contributed by atoms with Crippen molar-refractivity contribution in [3.63, 3.8) is 0 Å². The van der Waals surface area contributed by atoms with Gasteiger partial charge in [-0.3, -0.25) is 5.41 Å². The van der Waals surface area contributed by atoms with Crippen LogP contribution in [0.4, 0.5) is 5.69 Å². The molecular weight excluding hydrogens is 304 g/mol. The number of rotatable bonds is 1. The lowest BCUT2D eigenvalue weighted by Gasteiger charge is -2.25. The van der Waals surface area contributed by atoms with Gasteiger partial charge in [0.2, 0.25) is 0 Å². The Morgan fingerprint density at radius 2 is 2.16 bits per heavy atom. The SMILES string of the molecule is Cc1c(Cl)cccc1N1C(=N)S[C@@H]2CS(=O)(=O)C[C@H]21. The normalized spacial score (nSPS) is 28.7. The molecule has 0 bridgehead atoms. The number of halogens is 1. The maximum absolute atomic E-state index is 11.7. The number of benzene rings is 1. The standard InChI is InChI=1S/C12H13ClN2O2S2/c1-7-8(13)3-2-4-9(7)15-10-5-19(16,17)6-11(10)18-12(15)14/h2-4,10-11,14H,5-6H2,1H3/t10-,11-/m1/s1. The van der Waals surface area contributed by atoms with Gasteiger partial charge < -0.3 is 4.90 Å². The van der Waals surface area contributed by atoms with Crippen LogP contribution in [0.3, 0.4) is 0 Å². The molecule has 7 heteroatoms. The quantitative estimate of drug-likeness (QED) is 0.863. The van der Waals surface area contributed by atoms with Crippen LogP contribution >= 0.6 is 23.4 Å². The molecule has 2 heterocycles. The Morgan fingerprint density at radius 1 is 1.42 bits per heavy atom. The third kappa shape index (κ3) is 2.15. The molecule has 2 saturated heterocycles. The van der Waals surface area contributed by atoms with Gasteiger partial charge in [-0.15, -0.1) is 0 Å². The van der Waals surface area contributed by atoms with Crippen molar-refractivity contribution in [1.29, 1.82) is 5.41 Å². The smallest absolute Gasteiger partial charge is 0.161 e. The Bertz CT molecular complexity index is 660. The van der Waals surface area contributed by atoms with E-state index in [0.717, 1.165) is 11.3 Å². The monoisotopic (exact) mass is 316 g/mol. The summed E-state index contributed by atoms with van der Waals surface area (Å²) in [4.78, 5) is 1.82. The number of thioether (sulfide) groups is 1. The van der Waals surface area contributed by atoms with Gasteiger partial charge in [0.1, 0.15) is 0 Å². The molecule has 0 aliphatic carbocycles. The zero-order chi connectivity index (χ0) is 13.8. The second kappa shape index (κ2) is 4.40. The van der Waals surface area contributed by atoms with E-state index in [2.05, 4.69) is 0 Å². The van der Waals surface area contributed by atoms with Gasteiger partial charge in [-0.1, -0.05) is 29.4 Å². The van der Waals surface area contributed by atoms with Gasteiger partial charge in [-0.05, 0) is 24.6 Å². The summed E-state index contributed by atoms with van der Waals surface area (Å²) in [5, 5.41) is 9.11. The molecule has 19 heavy (non-hydrogen) atoms. The fourth-order valence-corrected chi connectivity index (χ4v) is 6.60. The summed E-state index contributed by atoms with van der Waals surface area (Å²) in [7, 11) is -2.98. The highest BCUT2D eigenvalue weighted by molar-refractivity contribution is 8.15. The van der Waals surface area contributed by atoms with Crippen molar-refractivity contribution >= 4 is 44.1 Å². The fourth-order valence-electron chi connectivity index (χ4n) is 2.65. The van der Waals surface area contributed by atoms with Crippen molar-refractivity contribution in [2.45, 2.75) is 18.2 Å². The van der Waals surface area contributed by atoms with Crippen LogP contribution in [0.1, 0.15) is 5.56 Å². The minimum Gasteiger partial charge on any atom is -0.316 e. The molecular formula is C12H13ClN2O2S2. The van der Waals surface area contributed by atoms with E-state index in [0.29, 0.717) is 10.2 Å². The van der Waals surface area contributed by atoms with Crippen molar-refractivity contribution in [1.82, 2.24) is 0 Å². The zero-order valence-corrected chi connectivity index (χ0v) is 12.6. The van der Waals surface area contributed by atoms with Crippen LogP contribution in [-0.2, 0) is 9.84 Å². The van der Waals surface area contributed by atoms with Crippen molar-refractivity contribution < 1.29 is 8.42 Å². The Kier molecular flexibility index (Phi) is 3.07. The van der Waals surface area contributed by atoms with Gasteiger partial charge in [-0.25, -0.2) is 8.42 Å². The predicted molar refractivity (Wildman–Crippen MR) is 80.2 cm³/mol. The van der Waals surface area contributed by atoms with Gasteiger partial charge in [0.15, 0.2) is 15.0 Å². The molecule has 0 amide bonds. The molecule has 2 aliphatic heterocycles. The van der Waals surface area contributed by atoms with E-state index in [4.69, 9.17) is 17.0 Å². The lowest BCUT2D eigenvalue weighted by Crippen LogP contribution is -2.37. The van der Waals surface area contributed by atoms with E-state index in [1.54, 1.807) is 6.07 Å². The molecule has 1 aromatic carbocycles. The molecule has 0 radical (unpaired) electrons. The molecule has 2 atom stereocenters. The molecule has 4 nitrogen and oxygen atoms in total. The molecule has 3 rings (SSSR count). The van der Waals surface area contributed by atoms with E-state index < -0.39 is 9.84 Å². The first-order chi connectivity index (χ1) is 8.89. The predicted octanol–water partition coefficient (Wildman–Crippen LogP) is 2.30. The summed E-state index contributed by atoms with van der Waals surface area (Å²) in [6.45, 7) is 1.90.